The first-order valence-corrected chi connectivity index (χ1v) is 4.14. The maximum absolute atomic E-state index is 12.6. The number of alkyl halides is 7. The largest absolute Gasteiger partial charge is 0.459 e. The average molecular weight is 272 g/mol. The molecule has 96 valence electrons. The molecule has 0 atom stereocenters. The van der Waals surface area contributed by atoms with Crippen molar-refractivity contribution in [3.63, 3.8) is 0 Å². The number of thiocarbonyl (C=S) groups is 1. The Morgan fingerprint density at radius 1 is 1.06 bits per heavy atom. The Morgan fingerprint density at radius 2 is 1.50 bits per heavy atom. The van der Waals surface area contributed by atoms with Crippen LogP contribution in [0.25, 0.3) is 0 Å². The standard InChI is InChI=1S/C6H7F7N2S/c1-14-3(16)15-2-4(7,8)5(9,10)6(11,12)13/h2H2,1H3,(H2,14,15,16). The van der Waals surface area contributed by atoms with Gasteiger partial charge in [0, 0.05) is 7.05 Å². The van der Waals surface area contributed by atoms with Crippen molar-refractivity contribution in [1.29, 1.82) is 0 Å². The van der Waals surface area contributed by atoms with Gasteiger partial charge in [-0.2, -0.15) is 30.7 Å². The molecule has 2 nitrogen and oxygen atoms in total. The summed E-state index contributed by atoms with van der Waals surface area (Å²) < 4.78 is 84.6. The van der Waals surface area contributed by atoms with E-state index in [2.05, 4.69) is 17.5 Å². The van der Waals surface area contributed by atoms with Crippen LogP contribution in [-0.2, 0) is 0 Å². The van der Waals surface area contributed by atoms with Crippen molar-refractivity contribution in [3.05, 3.63) is 0 Å². The van der Waals surface area contributed by atoms with Gasteiger partial charge in [0.15, 0.2) is 5.11 Å². The fourth-order valence-electron chi connectivity index (χ4n) is 0.598. The molecule has 0 spiro atoms. The summed E-state index contributed by atoms with van der Waals surface area (Å²) in [4.78, 5) is 0. The van der Waals surface area contributed by atoms with E-state index >= 15 is 0 Å². The van der Waals surface area contributed by atoms with Crippen molar-refractivity contribution in [2.75, 3.05) is 13.6 Å². The maximum Gasteiger partial charge on any atom is 0.459 e. The van der Waals surface area contributed by atoms with Crippen LogP contribution in [0.5, 0.6) is 0 Å². The lowest BCUT2D eigenvalue weighted by atomic mass is 10.1. The van der Waals surface area contributed by atoms with Gasteiger partial charge in [-0.25, -0.2) is 0 Å². The van der Waals surface area contributed by atoms with Crippen molar-refractivity contribution in [3.8, 4) is 0 Å². The van der Waals surface area contributed by atoms with Crippen LogP contribution in [0.3, 0.4) is 0 Å². The summed E-state index contributed by atoms with van der Waals surface area (Å²) in [7, 11) is 1.19. The summed E-state index contributed by atoms with van der Waals surface area (Å²) in [6, 6.07) is 0. The molecule has 0 saturated carbocycles. The number of hydrogen-bond acceptors (Lipinski definition) is 1. The van der Waals surface area contributed by atoms with Crippen molar-refractivity contribution < 1.29 is 30.7 Å². The molecule has 0 aromatic carbocycles. The van der Waals surface area contributed by atoms with Gasteiger partial charge >= 0.3 is 18.0 Å². The topological polar surface area (TPSA) is 24.1 Å². The van der Waals surface area contributed by atoms with Crippen molar-refractivity contribution in [1.82, 2.24) is 10.6 Å². The molecule has 0 rings (SSSR count). The molecule has 0 radical (unpaired) electrons. The summed E-state index contributed by atoms with van der Waals surface area (Å²) >= 11 is 4.26. The summed E-state index contributed by atoms with van der Waals surface area (Å²) in [5.74, 6) is -11.4. The molecular formula is C6H7F7N2S. The van der Waals surface area contributed by atoms with Gasteiger partial charge in [-0.15, -0.1) is 0 Å². The lowest BCUT2D eigenvalue weighted by molar-refractivity contribution is -0.352. The molecule has 0 aliphatic carbocycles. The summed E-state index contributed by atoms with van der Waals surface area (Å²) in [6.07, 6.45) is -6.32. The highest BCUT2D eigenvalue weighted by Crippen LogP contribution is 2.45. The van der Waals surface area contributed by atoms with Crippen LogP contribution < -0.4 is 10.6 Å². The lowest BCUT2D eigenvalue weighted by Crippen LogP contribution is -2.57. The molecule has 10 heteroatoms. The highest BCUT2D eigenvalue weighted by Gasteiger charge is 2.72. The highest BCUT2D eigenvalue weighted by molar-refractivity contribution is 7.80. The van der Waals surface area contributed by atoms with Gasteiger partial charge in [-0.3, -0.25) is 0 Å². The third-order valence-corrected chi connectivity index (χ3v) is 1.86. The molecule has 0 unspecified atom stereocenters. The van der Waals surface area contributed by atoms with E-state index in [9.17, 15) is 30.7 Å². The van der Waals surface area contributed by atoms with E-state index in [1.807, 2.05) is 0 Å². The minimum atomic E-state index is -6.32. The Labute approximate surface area is 91.2 Å². The zero-order chi connectivity index (χ0) is 13.2. The molecule has 0 saturated heterocycles. The Morgan fingerprint density at radius 3 is 1.81 bits per heavy atom. The molecule has 0 aromatic heterocycles. The molecule has 2 N–H and O–H groups in total. The Hall–Kier alpha value is -0.800. The van der Waals surface area contributed by atoms with Crippen LogP contribution >= 0.6 is 12.2 Å². The summed E-state index contributed by atoms with van der Waals surface area (Å²) in [6.45, 7) is -1.92. The number of halogens is 7. The monoisotopic (exact) mass is 272 g/mol. The van der Waals surface area contributed by atoms with Gasteiger partial charge in [0.1, 0.15) is 0 Å². The number of rotatable bonds is 3. The van der Waals surface area contributed by atoms with Crippen molar-refractivity contribution in [2.45, 2.75) is 18.0 Å². The maximum atomic E-state index is 12.6. The predicted octanol–water partition coefficient (Wildman–Crippen LogP) is 1.91. The number of hydrogen-bond donors (Lipinski definition) is 2. The van der Waals surface area contributed by atoms with Crippen LogP contribution in [0.1, 0.15) is 0 Å². The normalized spacial score (nSPS) is 13.5. The Kier molecular flexibility index (Phi) is 4.37. The third-order valence-electron chi connectivity index (χ3n) is 1.51. The van der Waals surface area contributed by atoms with Crippen LogP contribution in [0.15, 0.2) is 0 Å². The van der Waals surface area contributed by atoms with Gasteiger partial charge in [0.2, 0.25) is 0 Å². The van der Waals surface area contributed by atoms with Gasteiger partial charge in [0.05, 0.1) is 6.54 Å². The molecule has 0 heterocycles. The number of nitrogens with one attached hydrogen (secondary N) is 2. The van der Waals surface area contributed by atoms with E-state index in [-0.39, 0.29) is 0 Å². The summed E-state index contributed by atoms with van der Waals surface area (Å²) in [5, 5.41) is 3.17. The molecular weight excluding hydrogens is 265 g/mol. The third kappa shape index (κ3) is 3.09. The Balaban J connectivity index is 4.72. The molecule has 0 aliphatic rings. The van der Waals surface area contributed by atoms with Crippen LogP contribution in [-0.4, -0.2) is 36.7 Å². The second-order valence-electron chi connectivity index (χ2n) is 2.71. The fraction of sp³-hybridized carbons (Fsp3) is 0.833. The van der Waals surface area contributed by atoms with Gasteiger partial charge < -0.3 is 10.6 Å². The van der Waals surface area contributed by atoms with Gasteiger partial charge in [0.25, 0.3) is 0 Å². The van der Waals surface area contributed by atoms with Crippen molar-refractivity contribution >= 4 is 17.3 Å². The van der Waals surface area contributed by atoms with E-state index in [0.29, 0.717) is 0 Å². The minimum Gasteiger partial charge on any atom is -0.366 e. The second kappa shape index (κ2) is 4.60. The second-order valence-corrected chi connectivity index (χ2v) is 3.12. The first kappa shape index (κ1) is 15.2. The van der Waals surface area contributed by atoms with E-state index < -0.39 is 29.7 Å². The minimum absolute atomic E-state index is 0.461. The van der Waals surface area contributed by atoms with E-state index in [1.165, 1.54) is 7.05 Å². The van der Waals surface area contributed by atoms with Gasteiger partial charge in [-0.05, 0) is 12.2 Å². The molecule has 0 fully saturated rings. The zero-order valence-corrected chi connectivity index (χ0v) is 8.58. The fourth-order valence-corrected chi connectivity index (χ4v) is 0.670. The molecule has 0 bridgehead atoms. The first-order valence-electron chi connectivity index (χ1n) is 3.73. The smallest absolute Gasteiger partial charge is 0.366 e. The average Bonchev–Trinajstić information content (AvgIpc) is 2.12. The Bertz CT molecular complexity index is 262. The lowest BCUT2D eigenvalue weighted by Gasteiger charge is -2.28. The van der Waals surface area contributed by atoms with Crippen molar-refractivity contribution in [2.24, 2.45) is 0 Å². The molecule has 0 amide bonds. The quantitative estimate of drug-likeness (QED) is 0.606. The van der Waals surface area contributed by atoms with Crippen LogP contribution in [0.4, 0.5) is 30.7 Å². The summed E-state index contributed by atoms with van der Waals surface area (Å²) in [5.41, 5.74) is 0. The van der Waals surface area contributed by atoms with E-state index in [4.69, 9.17) is 0 Å². The van der Waals surface area contributed by atoms with E-state index in [1.54, 1.807) is 5.32 Å². The van der Waals surface area contributed by atoms with E-state index in [0.717, 1.165) is 0 Å². The molecule has 0 aliphatic heterocycles. The van der Waals surface area contributed by atoms with Crippen LogP contribution in [0, 0.1) is 0 Å². The van der Waals surface area contributed by atoms with Gasteiger partial charge in [-0.1, -0.05) is 0 Å². The predicted molar refractivity (Wildman–Crippen MR) is 45.6 cm³/mol. The SMILES string of the molecule is CNC(=S)NCC(F)(F)C(F)(F)C(F)(F)F. The molecule has 0 aromatic rings. The first-order chi connectivity index (χ1) is 6.95. The zero-order valence-electron chi connectivity index (χ0n) is 7.76. The molecule has 16 heavy (non-hydrogen) atoms. The highest BCUT2D eigenvalue weighted by atomic mass is 32.1. The van der Waals surface area contributed by atoms with Crippen LogP contribution in [0.2, 0.25) is 0 Å².